The molecule has 5 nitrogen and oxygen atoms in total. The fourth-order valence-corrected chi connectivity index (χ4v) is 4.29. The second-order valence-corrected chi connectivity index (χ2v) is 7.64. The van der Waals surface area contributed by atoms with Crippen LogP contribution in [0.1, 0.15) is 61.7 Å². The van der Waals surface area contributed by atoms with E-state index in [9.17, 15) is 4.79 Å². The minimum absolute atomic E-state index is 0.308. The van der Waals surface area contributed by atoms with Crippen LogP contribution in [0.15, 0.2) is 12.1 Å². The van der Waals surface area contributed by atoms with E-state index in [0.29, 0.717) is 28.4 Å². The number of hydrogen-bond donors (Lipinski definition) is 3. The van der Waals surface area contributed by atoms with Crippen molar-refractivity contribution < 1.29 is 9.53 Å². The maximum atomic E-state index is 11.5. The summed E-state index contributed by atoms with van der Waals surface area (Å²) in [5, 5.41) is 7.84. The van der Waals surface area contributed by atoms with Gasteiger partial charge in [-0.1, -0.05) is 24.4 Å². The van der Waals surface area contributed by atoms with Crippen molar-refractivity contribution in [2.45, 2.75) is 69.5 Å². The molecule has 0 unspecified atom stereocenters. The van der Waals surface area contributed by atoms with Crippen LogP contribution in [0.25, 0.3) is 0 Å². The molecule has 0 aromatic heterocycles. The number of carbonyl (C=O) groups excluding carboxylic acids is 1. The maximum Gasteiger partial charge on any atom is 0.252 e. The first-order valence-corrected chi connectivity index (χ1v) is 9.64. The number of carbonyl (C=O) groups is 1. The maximum absolute atomic E-state index is 11.5. The molecule has 0 atom stereocenters. The second-order valence-electron chi connectivity index (χ2n) is 7.24. The third-order valence-electron chi connectivity index (χ3n) is 5.47. The van der Waals surface area contributed by atoms with E-state index in [2.05, 4.69) is 10.6 Å². The van der Waals surface area contributed by atoms with Crippen LogP contribution in [0.5, 0.6) is 5.75 Å². The van der Waals surface area contributed by atoms with Gasteiger partial charge in [0.05, 0.1) is 23.4 Å². The molecule has 0 heterocycles. The smallest absolute Gasteiger partial charge is 0.252 e. The van der Waals surface area contributed by atoms with Crippen molar-refractivity contribution >= 4 is 23.2 Å². The van der Waals surface area contributed by atoms with E-state index >= 15 is 0 Å². The van der Waals surface area contributed by atoms with Gasteiger partial charge in [-0.2, -0.15) is 0 Å². The topological polar surface area (TPSA) is 76.4 Å². The predicted molar refractivity (Wildman–Crippen MR) is 102 cm³/mol. The average Bonchev–Trinajstić information content (AvgIpc) is 3.11. The van der Waals surface area contributed by atoms with Crippen LogP contribution in [0.2, 0.25) is 5.02 Å². The zero-order chi connectivity index (χ0) is 17.8. The molecule has 0 radical (unpaired) electrons. The quantitative estimate of drug-likeness (QED) is 0.718. The van der Waals surface area contributed by atoms with Crippen molar-refractivity contribution in [3.63, 3.8) is 0 Å². The molecular formula is C19H28ClN3O2. The minimum atomic E-state index is -0.538. The van der Waals surface area contributed by atoms with Gasteiger partial charge in [-0.05, 0) is 44.6 Å². The molecule has 3 rings (SSSR count). The largest absolute Gasteiger partial charge is 0.496 e. The lowest BCUT2D eigenvalue weighted by Crippen LogP contribution is -2.41. The standard InChI is InChI=1S/C19H28ClN3O2/c1-25-18-11-17(16(20)10-15(18)19(21)24)23-14-8-6-13(7-9-14)22-12-4-2-3-5-12/h10-14,22-23H,2-9H2,1H3,(H2,21,24). The Morgan fingerprint density at radius 1 is 1.08 bits per heavy atom. The van der Waals surface area contributed by atoms with E-state index in [1.807, 2.05) is 0 Å². The zero-order valence-corrected chi connectivity index (χ0v) is 15.6. The normalized spacial score (nSPS) is 24.2. The first-order chi connectivity index (χ1) is 12.1. The zero-order valence-electron chi connectivity index (χ0n) is 14.8. The minimum Gasteiger partial charge on any atom is -0.496 e. The van der Waals surface area contributed by atoms with Crippen LogP contribution in [-0.4, -0.2) is 31.1 Å². The molecule has 138 valence electrons. The number of primary amides is 1. The monoisotopic (exact) mass is 365 g/mol. The summed E-state index contributed by atoms with van der Waals surface area (Å²) in [5.41, 5.74) is 6.48. The number of halogens is 1. The Labute approximate surface area is 154 Å². The Kier molecular flexibility index (Phi) is 6.07. The van der Waals surface area contributed by atoms with Crippen molar-refractivity contribution in [3.05, 3.63) is 22.7 Å². The molecule has 1 aromatic rings. The number of hydrogen-bond acceptors (Lipinski definition) is 4. The van der Waals surface area contributed by atoms with Crippen molar-refractivity contribution in [2.75, 3.05) is 12.4 Å². The predicted octanol–water partition coefficient (Wildman–Crippen LogP) is 3.70. The number of benzene rings is 1. The van der Waals surface area contributed by atoms with Crippen LogP contribution < -0.4 is 21.1 Å². The molecule has 2 fully saturated rings. The summed E-state index contributed by atoms with van der Waals surface area (Å²) in [6, 6.07) is 5.12. The van der Waals surface area contributed by atoms with Gasteiger partial charge in [-0.3, -0.25) is 4.79 Å². The number of methoxy groups -OCH3 is 1. The Balaban J connectivity index is 1.57. The number of anilines is 1. The molecule has 2 saturated carbocycles. The highest BCUT2D eigenvalue weighted by Crippen LogP contribution is 2.33. The number of nitrogens with one attached hydrogen (secondary N) is 2. The SMILES string of the molecule is COc1cc(NC2CCC(NC3CCCC3)CC2)c(Cl)cc1C(N)=O. The fraction of sp³-hybridized carbons (Fsp3) is 0.632. The van der Waals surface area contributed by atoms with Gasteiger partial charge in [0.1, 0.15) is 5.75 Å². The summed E-state index contributed by atoms with van der Waals surface area (Å²) < 4.78 is 5.27. The van der Waals surface area contributed by atoms with Crippen molar-refractivity contribution in [2.24, 2.45) is 5.73 Å². The van der Waals surface area contributed by atoms with E-state index in [1.165, 1.54) is 45.6 Å². The first-order valence-electron chi connectivity index (χ1n) is 9.26. The van der Waals surface area contributed by atoms with Gasteiger partial charge >= 0.3 is 0 Å². The highest BCUT2D eigenvalue weighted by atomic mass is 35.5. The molecular weight excluding hydrogens is 338 g/mol. The van der Waals surface area contributed by atoms with Crippen molar-refractivity contribution in [1.82, 2.24) is 5.32 Å². The first kappa shape index (κ1) is 18.3. The Morgan fingerprint density at radius 2 is 1.68 bits per heavy atom. The lowest BCUT2D eigenvalue weighted by atomic mass is 9.90. The molecule has 0 aliphatic heterocycles. The lowest BCUT2D eigenvalue weighted by molar-refractivity contribution is 0.0997. The molecule has 6 heteroatoms. The summed E-state index contributed by atoms with van der Waals surface area (Å²) in [6.07, 6.45) is 10.00. The van der Waals surface area contributed by atoms with Crippen LogP contribution in [0, 0.1) is 0 Å². The van der Waals surface area contributed by atoms with E-state index in [1.54, 1.807) is 12.1 Å². The van der Waals surface area contributed by atoms with E-state index < -0.39 is 5.91 Å². The molecule has 2 aliphatic rings. The molecule has 0 saturated heterocycles. The Hall–Kier alpha value is -1.46. The van der Waals surface area contributed by atoms with Crippen molar-refractivity contribution in [3.8, 4) is 5.75 Å². The molecule has 4 N–H and O–H groups in total. The number of nitrogens with two attached hydrogens (primary N) is 1. The van der Waals surface area contributed by atoms with Gasteiger partial charge in [-0.15, -0.1) is 0 Å². The third kappa shape index (κ3) is 4.59. The summed E-state index contributed by atoms with van der Waals surface area (Å²) in [6.45, 7) is 0. The van der Waals surface area contributed by atoms with Gasteiger partial charge < -0.3 is 21.1 Å². The van der Waals surface area contributed by atoms with Crippen LogP contribution in [-0.2, 0) is 0 Å². The molecule has 1 amide bonds. The average molecular weight is 366 g/mol. The van der Waals surface area contributed by atoms with Crippen molar-refractivity contribution in [1.29, 1.82) is 0 Å². The van der Waals surface area contributed by atoms with Gasteiger partial charge in [0.15, 0.2) is 0 Å². The number of ether oxygens (including phenoxy) is 1. The molecule has 2 aliphatic carbocycles. The Morgan fingerprint density at radius 3 is 2.28 bits per heavy atom. The summed E-state index contributed by atoms with van der Waals surface area (Å²) >= 11 is 6.33. The second kappa shape index (κ2) is 8.28. The molecule has 25 heavy (non-hydrogen) atoms. The van der Waals surface area contributed by atoms with E-state index in [4.69, 9.17) is 22.1 Å². The lowest BCUT2D eigenvalue weighted by Gasteiger charge is -2.32. The van der Waals surface area contributed by atoms with Crippen LogP contribution in [0.4, 0.5) is 5.69 Å². The van der Waals surface area contributed by atoms with Crippen LogP contribution >= 0.6 is 11.6 Å². The highest BCUT2D eigenvalue weighted by molar-refractivity contribution is 6.33. The van der Waals surface area contributed by atoms with Gasteiger partial charge in [-0.25, -0.2) is 0 Å². The van der Waals surface area contributed by atoms with Gasteiger partial charge in [0, 0.05) is 24.2 Å². The molecule has 0 spiro atoms. The summed E-state index contributed by atoms with van der Waals surface area (Å²) in [7, 11) is 1.53. The van der Waals surface area contributed by atoms with E-state index in [-0.39, 0.29) is 0 Å². The van der Waals surface area contributed by atoms with E-state index in [0.717, 1.165) is 24.6 Å². The van der Waals surface area contributed by atoms with Gasteiger partial charge in [0.2, 0.25) is 0 Å². The molecule has 0 bridgehead atoms. The number of rotatable bonds is 6. The van der Waals surface area contributed by atoms with Crippen LogP contribution in [0.3, 0.4) is 0 Å². The number of amides is 1. The summed E-state index contributed by atoms with van der Waals surface area (Å²) in [4.78, 5) is 11.5. The molecule has 1 aromatic carbocycles. The third-order valence-corrected chi connectivity index (χ3v) is 5.78. The fourth-order valence-electron chi connectivity index (χ4n) is 4.08. The summed E-state index contributed by atoms with van der Waals surface area (Å²) in [5.74, 6) is -0.0835. The highest BCUT2D eigenvalue weighted by Gasteiger charge is 2.25. The van der Waals surface area contributed by atoms with Gasteiger partial charge in [0.25, 0.3) is 5.91 Å². The Bertz CT molecular complexity index is 609.